The third-order valence-corrected chi connectivity index (χ3v) is 6.55. The molecule has 0 fully saturated rings. The summed E-state index contributed by atoms with van der Waals surface area (Å²) in [6.07, 6.45) is 0. The van der Waals surface area contributed by atoms with Crippen LogP contribution in [-0.4, -0.2) is 10.3 Å². The second-order valence-corrected chi connectivity index (χ2v) is 9.51. The number of hydrogen-bond donors (Lipinski definition) is 2. The second kappa shape index (κ2) is 14.6. The molecule has 0 saturated carbocycles. The normalized spacial score (nSPS) is 12.3. The Labute approximate surface area is 233 Å². The molecule has 14 heteroatoms. The van der Waals surface area contributed by atoms with Crippen molar-refractivity contribution in [2.75, 3.05) is 10.9 Å². The van der Waals surface area contributed by atoms with Gasteiger partial charge in [-0.05, 0) is 70.1 Å². The minimum atomic E-state index is -0.611. The van der Waals surface area contributed by atoms with Gasteiger partial charge in [0.2, 0.25) is 10.3 Å². The molecule has 0 radical (unpaired) electrons. The van der Waals surface area contributed by atoms with Crippen LogP contribution in [0.1, 0.15) is 0 Å². The fourth-order valence-corrected chi connectivity index (χ4v) is 4.10. The second-order valence-electron chi connectivity index (χ2n) is 7.44. The molecule has 0 aliphatic carbocycles. The molecule has 202 valence electrons. The van der Waals surface area contributed by atoms with E-state index in [-0.39, 0.29) is 33.1 Å². The first-order valence-corrected chi connectivity index (χ1v) is 13.5. The molecule has 0 bridgehead atoms. The van der Waals surface area contributed by atoms with Crippen LogP contribution >= 0.6 is 21.6 Å². The molecule has 0 heterocycles. The maximum atomic E-state index is 14.1. The molecule has 0 atom stereocenters. The van der Waals surface area contributed by atoms with E-state index in [1.54, 1.807) is 24.3 Å². The molecule has 0 unspecified atom stereocenters. The van der Waals surface area contributed by atoms with Gasteiger partial charge >= 0.3 is 0 Å². The summed E-state index contributed by atoms with van der Waals surface area (Å²) in [5, 5.41) is 23.6. The van der Waals surface area contributed by atoms with E-state index in [1.165, 1.54) is 72.8 Å². The van der Waals surface area contributed by atoms with Crippen LogP contribution in [0, 0.1) is 23.3 Å². The molecule has 40 heavy (non-hydrogen) atoms. The minimum absolute atomic E-state index is 0.0546. The topological polar surface area (TPSA) is 98.2 Å². The zero-order chi connectivity index (χ0) is 28.2. The Morgan fingerprint density at radius 2 is 0.825 bits per heavy atom. The Morgan fingerprint density at radius 1 is 0.475 bits per heavy atom. The van der Waals surface area contributed by atoms with E-state index < -0.39 is 23.3 Å². The number of hydrazone groups is 2. The van der Waals surface area contributed by atoms with Crippen molar-refractivity contribution in [2.24, 2.45) is 30.7 Å². The Balaban J connectivity index is 1.60. The molecule has 0 saturated heterocycles. The van der Waals surface area contributed by atoms with E-state index in [2.05, 4.69) is 41.5 Å². The summed E-state index contributed by atoms with van der Waals surface area (Å²) in [4.78, 5) is 0. The number of hydrogen-bond acceptors (Lipinski definition) is 8. The third-order valence-electron chi connectivity index (χ3n) is 4.67. The van der Waals surface area contributed by atoms with Crippen LogP contribution < -0.4 is 10.9 Å². The van der Waals surface area contributed by atoms with Gasteiger partial charge in [-0.25, -0.2) is 17.6 Å². The van der Waals surface area contributed by atoms with Crippen molar-refractivity contribution >= 4 is 54.7 Å². The highest BCUT2D eigenvalue weighted by molar-refractivity contribution is 8.87. The summed E-state index contributed by atoms with van der Waals surface area (Å²) in [5.41, 5.74) is 5.09. The van der Waals surface area contributed by atoms with Crippen LogP contribution in [0.15, 0.2) is 128 Å². The van der Waals surface area contributed by atoms with E-state index in [0.717, 1.165) is 21.6 Å². The number of benzene rings is 4. The van der Waals surface area contributed by atoms with Crippen molar-refractivity contribution in [3.63, 3.8) is 0 Å². The van der Waals surface area contributed by atoms with Crippen molar-refractivity contribution in [2.45, 2.75) is 0 Å². The smallest absolute Gasteiger partial charge is 0.238 e. The number of anilines is 2. The molecular formula is C26H18F4N8S2. The molecule has 0 aromatic heterocycles. The van der Waals surface area contributed by atoms with Gasteiger partial charge in [0.15, 0.2) is 11.6 Å². The maximum absolute atomic E-state index is 14.1. The number of para-hydroxylation sites is 2. The fraction of sp³-hybridized carbons (Fsp3) is 0. The van der Waals surface area contributed by atoms with E-state index in [4.69, 9.17) is 0 Å². The number of nitrogens with zero attached hydrogens (tertiary/aromatic N) is 6. The summed E-state index contributed by atoms with van der Waals surface area (Å²) in [6.45, 7) is 0. The third kappa shape index (κ3) is 8.47. The highest BCUT2D eigenvalue weighted by atomic mass is 33.1. The van der Waals surface area contributed by atoms with Crippen LogP contribution in [0.2, 0.25) is 0 Å². The Bertz CT molecular complexity index is 1460. The largest absolute Gasteiger partial charge is 0.273 e. The molecule has 2 N–H and O–H groups in total. The van der Waals surface area contributed by atoms with Gasteiger partial charge in [-0.1, -0.05) is 48.5 Å². The van der Waals surface area contributed by atoms with Crippen molar-refractivity contribution in [1.82, 2.24) is 0 Å². The fourth-order valence-electron chi connectivity index (χ4n) is 2.77. The van der Waals surface area contributed by atoms with Crippen LogP contribution in [0.4, 0.5) is 40.3 Å². The van der Waals surface area contributed by atoms with Gasteiger partial charge < -0.3 is 0 Å². The SMILES string of the molecule is Fc1ccccc1N=NC(=NNc1ccccc1F)SSC(N=Nc1ccccc1F)=NNc1ccccc1F. The molecule has 0 amide bonds. The van der Waals surface area contributed by atoms with E-state index in [9.17, 15) is 17.6 Å². The number of halogens is 4. The van der Waals surface area contributed by atoms with Crippen molar-refractivity contribution in [3.8, 4) is 0 Å². The van der Waals surface area contributed by atoms with Gasteiger partial charge in [0.05, 0.1) is 11.4 Å². The number of rotatable bonds is 6. The lowest BCUT2D eigenvalue weighted by Crippen LogP contribution is -1.99. The summed E-state index contributed by atoms with van der Waals surface area (Å²) < 4.78 is 56.3. The average Bonchev–Trinajstić information content (AvgIpc) is 2.96. The van der Waals surface area contributed by atoms with Crippen LogP contribution in [0.25, 0.3) is 0 Å². The Morgan fingerprint density at radius 3 is 1.20 bits per heavy atom. The lowest BCUT2D eigenvalue weighted by atomic mass is 10.3. The van der Waals surface area contributed by atoms with Crippen molar-refractivity contribution in [1.29, 1.82) is 0 Å². The molecule has 8 nitrogen and oxygen atoms in total. The molecule has 4 aromatic rings. The quantitative estimate of drug-likeness (QED) is 0.0591. The predicted octanol–water partition coefficient (Wildman–Crippen LogP) is 9.26. The van der Waals surface area contributed by atoms with Crippen LogP contribution in [0.5, 0.6) is 0 Å². The van der Waals surface area contributed by atoms with Gasteiger partial charge in [0.1, 0.15) is 23.0 Å². The number of azo groups is 2. The lowest BCUT2D eigenvalue weighted by molar-refractivity contribution is 0.628. The number of amidine groups is 2. The first kappa shape index (κ1) is 28.4. The summed E-state index contributed by atoms with van der Waals surface area (Å²) in [7, 11) is 1.69. The molecule has 4 rings (SSSR count). The lowest BCUT2D eigenvalue weighted by Gasteiger charge is -2.05. The molecule has 4 aromatic carbocycles. The van der Waals surface area contributed by atoms with Gasteiger partial charge in [0, 0.05) is 0 Å². The van der Waals surface area contributed by atoms with Gasteiger partial charge in [-0.2, -0.15) is 0 Å². The highest BCUT2D eigenvalue weighted by Gasteiger charge is 2.10. The van der Waals surface area contributed by atoms with Gasteiger partial charge in [-0.15, -0.1) is 30.7 Å². The standard InChI is InChI=1S/C26H18F4N8S2/c27-17-9-1-5-13-21(17)31-35-25(36-32-22-14-6-2-10-18(22)28)39-40-26(37-33-23-15-7-3-11-19(23)29)38-34-24-16-8-4-12-20(24)30/h1-16,31,33H. The van der Waals surface area contributed by atoms with Crippen molar-refractivity contribution in [3.05, 3.63) is 120 Å². The van der Waals surface area contributed by atoms with E-state index in [0.29, 0.717) is 0 Å². The Hall–Kier alpha value is -4.56. The van der Waals surface area contributed by atoms with Crippen LogP contribution in [-0.2, 0) is 0 Å². The Kier molecular flexibility index (Phi) is 10.4. The van der Waals surface area contributed by atoms with Crippen LogP contribution in [0.3, 0.4) is 0 Å². The van der Waals surface area contributed by atoms with E-state index >= 15 is 0 Å². The highest BCUT2D eigenvalue weighted by Crippen LogP contribution is 2.30. The average molecular weight is 583 g/mol. The predicted molar refractivity (Wildman–Crippen MR) is 152 cm³/mol. The first-order valence-electron chi connectivity index (χ1n) is 11.3. The minimum Gasteiger partial charge on any atom is -0.273 e. The maximum Gasteiger partial charge on any atom is 0.238 e. The molecule has 0 spiro atoms. The first-order chi connectivity index (χ1) is 19.5. The zero-order valence-corrected chi connectivity index (χ0v) is 21.9. The summed E-state index contributed by atoms with van der Waals surface area (Å²) >= 11 is 0. The van der Waals surface area contributed by atoms with Gasteiger partial charge in [0.25, 0.3) is 0 Å². The van der Waals surface area contributed by atoms with Gasteiger partial charge in [-0.3, -0.25) is 10.9 Å². The van der Waals surface area contributed by atoms with E-state index in [1.807, 2.05) is 0 Å². The molecule has 0 aliphatic rings. The van der Waals surface area contributed by atoms with Crippen molar-refractivity contribution < 1.29 is 17.6 Å². The molecular weight excluding hydrogens is 564 g/mol. The number of nitrogens with one attached hydrogen (secondary N) is 2. The summed E-state index contributed by atoms with van der Waals surface area (Å²) in [6, 6.07) is 23.0. The molecule has 0 aliphatic heterocycles. The summed E-state index contributed by atoms with van der Waals surface area (Å²) in [5.74, 6) is -2.35. The monoisotopic (exact) mass is 582 g/mol. The zero-order valence-electron chi connectivity index (χ0n) is 20.2.